The molecule has 0 bridgehead atoms. The van der Waals surface area contributed by atoms with Crippen LogP contribution in [0.25, 0.3) is 17.4 Å². The first-order valence-electron chi connectivity index (χ1n) is 11.7. The molecule has 0 spiro atoms. The average molecular weight is 574 g/mol. The van der Waals surface area contributed by atoms with Gasteiger partial charge in [0.1, 0.15) is 11.5 Å². The van der Waals surface area contributed by atoms with E-state index in [4.69, 9.17) is 44.6 Å². The van der Waals surface area contributed by atoms with Crippen molar-refractivity contribution in [3.63, 3.8) is 0 Å². The molecule has 2 aromatic carbocycles. The number of methoxy groups -OCH3 is 1. The second-order valence-corrected chi connectivity index (χ2v) is 9.93. The lowest BCUT2D eigenvalue weighted by molar-refractivity contribution is -0.115. The molecule has 3 aromatic rings. The zero-order chi connectivity index (χ0) is 27.2. The van der Waals surface area contributed by atoms with Crippen molar-refractivity contribution in [2.45, 2.75) is 0 Å². The monoisotopic (exact) mass is 572 g/mol. The Morgan fingerprint density at radius 3 is 2.42 bits per heavy atom. The summed E-state index contributed by atoms with van der Waals surface area (Å²) in [5.41, 5.74) is 2.57. The van der Waals surface area contributed by atoms with Crippen LogP contribution >= 0.6 is 35.4 Å². The molecule has 0 saturated carbocycles. The molecule has 4 rings (SSSR count). The molecule has 8 nitrogen and oxygen atoms in total. The molecule has 1 amide bonds. The van der Waals surface area contributed by atoms with Crippen molar-refractivity contribution >= 4 is 69.9 Å². The normalized spacial score (nSPS) is 13.9. The summed E-state index contributed by atoms with van der Waals surface area (Å²) < 4.78 is 10.6. The Balaban J connectivity index is 1.43. The number of rotatable bonds is 6. The Kier molecular flexibility index (Phi) is 9.06. The topological polar surface area (TPSA) is 87.0 Å². The molecule has 0 unspecified atom stereocenters. The predicted molar refractivity (Wildman–Crippen MR) is 155 cm³/mol. The lowest BCUT2D eigenvalue weighted by Gasteiger charge is -2.35. The molecule has 1 fully saturated rings. The third-order valence-corrected chi connectivity index (χ3v) is 6.56. The second kappa shape index (κ2) is 12.4. The van der Waals surface area contributed by atoms with Gasteiger partial charge in [0, 0.05) is 47.9 Å². The van der Waals surface area contributed by atoms with E-state index < -0.39 is 11.9 Å². The van der Waals surface area contributed by atoms with Gasteiger partial charge in [-0.3, -0.25) is 10.1 Å². The fraction of sp³-hybridized carbons (Fsp3) is 0.222. The number of nitrogens with zero attached hydrogens (tertiary/aromatic N) is 2. The standard InChI is InChI=1S/C27H26Cl2N4O4S/c1-32-9-11-33(12-10-32)23-6-3-17(26(35)36-2)15-22(23)30-27(38)31-25(34)8-5-21-4-7-24(37-21)18-13-19(28)16-20(29)14-18/h3-8,13-16H,9-12H2,1-2H3,(H2,30,31,34,38)/b8-5+. The van der Waals surface area contributed by atoms with E-state index in [0.717, 1.165) is 37.4 Å². The zero-order valence-corrected chi connectivity index (χ0v) is 23.1. The van der Waals surface area contributed by atoms with E-state index in [-0.39, 0.29) is 5.11 Å². The van der Waals surface area contributed by atoms with Crippen LogP contribution < -0.4 is 15.5 Å². The maximum atomic E-state index is 12.5. The number of thiocarbonyl (C=S) groups is 1. The van der Waals surface area contributed by atoms with Crippen LogP contribution in [0.1, 0.15) is 16.1 Å². The third kappa shape index (κ3) is 7.14. The molecule has 0 aliphatic carbocycles. The molecule has 1 saturated heterocycles. The van der Waals surface area contributed by atoms with Crippen LogP contribution in [0.3, 0.4) is 0 Å². The Hall–Kier alpha value is -3.37. The number of amides is 1. The number of ether oxygens (including phenoxy) is 1. The van der Waals surface area contributed by atoms with Crippen molar-refractivity contribution in [3.05, 3.63) is 76.0 Å². The molecule has 198 valence electrons. The van der Waals surface area contributed by atoms with Crippen LogP contribution in [-0.4, -0.2) is 62.2 Å². The number of hydrogen-bond donors (Lipinski definition) is 2. The Morgan fingerprint density at radius 1 is 1.03 bits per heavy atom. The van der Waals surface area contributed by atoms with Crippen molar-refractivity contribution in [1.82, 2.24) is 10.2 Å². The van der Waals surface area contributed by atoms with Crippen molar-refractivity contribution in [1.29, 1.82) is 0 Å². The number of piperazine rings is 1. The zero-order valence-electron chi connectivity index (χ0n) is 20.8. The molecule has 0 radical (unpaired) electrons. The number of nitrogens with one attached hydrogen (secondary N) is 2. The van der Waals surface area contributed by atoms with E-state index in [1.807, 2.05) is 6.07 Å². The van der Waals surface area contributed by atoms with Gasteiger partial charge < -0.3 is 24.3 Å². The van der Waals surface area contributed by atoms with E-state index in [1.54, 1.807) is 42.5 Å². The molecule has 2 heterocycles. The summed E-state index contributed by atoms with van der Waals surface area (Å²) in [5, 5.41) is 6.76. The SMILES string of the molecule is COC(=O)c1ccc(N2CCN(C)CC2)c(NC(=S)NC(=O)/C=C/c2ccc(-c3cc(Cl)cc(Cl)c3)o2)c1. The fourth-order valence-electron chi connectivity index (χ4n) is 3.96. The molecule has 1 aliphatic heterocycles. The van der Waals surface area contributed by atoms with Gasteiger partial charge in [0.2, 0.25) is 5.91 Å². The van der Waals surface area contributed by atoms with E-state index in [1.165, 1.54) is 19.3 Å². The highest BCUT2D eigenvalue weighted by Crippen LogP contribution is 2.30. The van der Waals surface area contributed by atoms with Crippen LogP contribution in [0, 0.1) is 0 Å². The number of hydrogen-bond acceptors (Lipinski definition) is 7. The van der Waals surface area contributed by atoms with Crippen molar-refractivity contribution in [2.75, 3.05) is 50.6 Å². The van der Waals surface area contributed by atoms with Crippen molar-refractivity contribution < 1.29 is 18.7 Å². The van der Waals surface area contributed by atoms with E-state index in [9.17, 15) is 9.59 Å². The van der Waals surface area contributed by atoms with Gasteiger partial charge >= 0.3 is 5.97 Å². The first-order valence-corrected chi connectivity index (χ1v) is 12.9. The molecule has 1 aliphatic rings. The smallest absolute Gasteiger partial charge is 0.337 e. The van der Waals surface area contributed by atoms with Gasteiger partial charge in [0.25, 0.3) is 0 Å². The molecule has 38 heavy (non-hydrogen) atoms. The number of carbonyl (C=O) groups is 2. The summed E-state index contributed by atoms with van der Waals surface area (Å²) in [5.74, 6) is 0.118. The lowest BCUT2D eigenvalue weighted by atomic mass is 10.1. The van der Waals surface area contributed by atoms with Crippen LogP contribution in [0.15, 0.2) is 59.0 Å². The van der Waals surface area contributed by atoms with Gasteiger partial charge in [0.15, 0.2) is 5.11 Å². The first-order chi connectivity index (χ1) is 18.2. The Bertz CT molecular complexity index is 1360. The van der Waals surface area contributed by atoms with Gasteiger partial charge in [0.05, 0.1) is 24.0 Å². The van der Waals surface area contributed by atoms with E-state index in [2.05, 4.69) is 27.5 Å². The van der Waals surface area contributed by atoms with Gasteiger partial charge in [-0.2, -0.15) is 0 Å². The second-order valence-electron chi connectivity index (χ2n) is 8.65. The largest absolute Gasteiger partial charge is 0.465 e. The van der Waals surface area contributed by atoms with Crippen LogP contribution in [0.5, 0.6) is 0 Å². The Labute approximate surface area is 236 Å². The van der Waals surface area contributed by atoms with Crippen LogP contribution in [0.4, 0.5) is 11.4 Å². The van der Waals surface area contributed by atoms with Crippen LogP contribution in [-0.2, 0) is 9.53 Å². The van der Waals surface area contributed by atoms with Crippen LogP contribution in [0.2, 0.25) is 10.0 Å². The number of halogens is 2. The summed E-state index contributed by atoms with van der Waals surface area (Å²) in [4.78, 5) is 29.1. The third-order valence-electron chi connectivity index (χ3n) is 5.92. The minimum Gasteiger partial charge on any atom is -0.465 e. The summed E-state index contributed by atoms with van der Waals surface area (Å²) in [6, 6.07) is 13.8. The van der Waals surface area contributed by atoms with Gasteiger partial charge in [-0.1, -0.05) is 23.2 Å². The highest BCUT2D eigenvalue weighted by molar-refractivity contribution is 7.80. The Morgan fingerprint density at radius 2 is 1.74 bits per heavy atom. The maximum absolute atomic E-state index is 12.5. The first kappa shape index (κ1) is 27.7. The molecular weight excluding hydrogens is 547 g/mol. The molecule has 2 N–H and O–H groups in total. The summed E-state index contributed by atoms with van der Waals surface area (Å²) in [6.07, 6.45) is 2.84. The fourth-order valence-corrected chi connectivity index (χ4v) is 4.70. The number of anilines is 2. The highest BCUT2D eigenvalue weighted by atomic mass is 35.5. The van der Waals surface area contributed by atoms with Gasteiger partial charge in [-0.15, -0.1) is 0 Å². The molecule has 1 aromatic heterocycles. The number of carbonyl (C=O) groups excluding carboxylic acids is 2. The van der Waals surface area contributed by atoms with Crippen molar-refractivity contribution in [3.8, 4) is 11.3 Å². The summed E-state index contributed by atoms with van der Waals surface area (Å²) >= 11 is 17.5. The lowest BCUT2D eigenvalue weighted by Crippen LogP contribution is -2.45. The molecular formula is C27H26Cl2N4O4S. The number of furan rings is 1. The quantitative estimate of drug-likeness (QED) is 0.233. The molecule has 0 atom stereocenters. The minimum atomic E-state index is -0.464. The minimum absolute atomic E-state index is 0.0887. The summed E-state index contributed by atoms with van der Waals surface area (Å²) in [6.45, 7) is 3.44. The van der Waals surface area contributed by atoms with Gasteiger partial charge in [-0.25, -0.2) is 4.79 Å². The van der Waals surface area contributed by atoms with Crippen molar-refractivity contribution in [2.24, 2.45) is 0 Å². The summed E-state index contributed by atoms with van der Waals surface area (Å²) in [7, 11) is 3.40. The van der Waals surface area contributed by atoms with E-state index >= 15 is 0 Å². The van der Waals surface area contributed by atoms with E-state index in [0.29, 0.717) is 32.8 Å². The number of likely N-dealkylation sites (N-methyl/N-ethyl adjacent to an activating group) is 1. The average Bonchev–Trinajstić information content (AvgIpc) is 3.36. The maximum Gasteiger partial charge on any atom is 0.337 e. The highest BCUT2D eigenvalue weighted by Gasteiger charge is 2.19. The number of esters is 1. The van der Waals surface area contributed by atoms with Gasteiger partial charge in [-0.05, 0) is 73.9 Å². The molecule has 11 heteroatoms. The predicted octanol–water partition coefficient (Wildman–Crippen LogP) is 5.32. The number of benzene rings is 2.